The largest absolute Gasteiger partial charge is 0.246 e. The van der Waals surface area contributed by atoms with E-state index in [4.69, 9.17) is 6.42 Å². The molecule has 0 saturated heterocycles. The van der Waals surface area contributed by atoms with Gasteiger partial charge in [-0.3, -0.25) is 0 Å². The Morgan fingerprint density at radius 2 is 1.50 bits per heavy atom. The molecule has 0 heterocycles. The molecule has 0 amide bonds. The Morgan fingerprint density at radius 3 is 1.94 bits per heavy atom. The van der Waals surface area contributed by atoms with E-state index in [-0.39, 0.29) is 0 Å². The molecule has 0 aliphatic carbocycles. The molecule has 0 fully saturated rings. The van der Waals surface area contributed by atoms with Crippen LogP contribution in [0.3, 0.4) is 0 Å². The lowest BCUT2D eigenvalue weighted by Gasteiger charge is -2.20. The maximum atomic E-state index is 13.4. The van der Waals surface area contributed by atoms with Gasteiger partial charge in [-0.15, -0.1) is 6.42 Å². The first-order valence-electron chi connectivity index (χ1n) is 6.16. The molecule has 1 heteroatoms. The third-order valence-corrected chi connectivity index (χ3v) is 4.10. The van der Waals surface area contributed by atoms with Crippen LogP contribution in [0.1, 0.15) is 47.2 Å². The highest BCUT2D eigenvalue weighted by molar-refractivity contribution is 5.76. The molecule has 96 valence electrons. The lowest BCUT2D eigenvalue weighted by molar-refractivity contribution is 0.482. The first kappa shape index (κ1) is 14.5. The van der Waals surface area contributed by atoms with Crippen LogP contribution in [0.4, 0.5) is 4.39 Å². The molecule has 0 aromatic heterocycles. The van der Waals surface area contributed by atoms with Crippen molar-refractivity contribution in [1.82, 2.24) is 0 Å². The number of alkyl halides is 1. The SMILES string of the molecule is C#C/C(C)=C(/C)c1c(C)c(C)c(C)c(C)c1CF. The Kier molecular flexibility index (Phi) is 4.35. The lowest BCUT2D eigenvalue weighted by atomic mass is 9.85. The number of halogens is 1. The Hall–Kier alpha value is -1.55. The molecule has 1 aromatic carbocycles. The van der Waals surface area contributed by atoms with Crippen molar-refractivity contribution >= 4 is 5.57 Å². The molecular weight excluding hydrogens is 223 g/mol. The molecule has 0 N–H and O–H groups in total. The molecule has 0 spiro atoms. The fraction of sp³-hybridized carbons (Fsp3) is 0.412. The summed E-state index contributed by atoms with van der Waals surface area (Å²) in [7, 11) is 0. The van der Waals surface area contributed by atoms with Crippen molar-refractivity contribution in [2.24, 2.45) is 0 Å². The van der Waals surface area contributed by atoms with E-state index < -0.39 is 6.67 Å². The molecule has 0 saturated carbocycles. The molecule has 0 bridgehead atoms. The number of terminal acetylenes is 1. The van der Waals surface area contributed by atoms with Crippen LogP contribution in [0.5, 0.6) is 0 Å². The molecular formula is C17H21F. The van der Waals surface area contributed by atoms with E-state index in [1.807, 2.05) is 34.6 Å². The number of benzene rings is 1. The van der Waals surface area contributed by atoms with Crippen molar-refractivity contribution in [2.45, 2.75) is 48.2 Å². The highest BCUT2D eigenvalue weighted by atomic mass is 19.1. The van der Waals surface area contributed by atoms with Gasteiger partial charge in [-0.1, -0.05) is 5.92 Å². The number of rotatable bonds is 2. The van der Waals surface area contributed by atoms with E-state index in [9.17, 15) is 4.39 Å². The maximum absolute atomic E-state index is 13.4. The van der Waals surface area contributed by atoms with Crippen LogP contribution in [-0.2, 0) is 6.67 Å². The van der Waals surface area contributed by atoms with Gasteiger partial charge in [0.25, 0.3) is 0 Å². The molecule has 0 radical (unpaired) electrons. The number of allylic oxidation sites excluding steroid dienone is 2. The minimum absolute atomic E-state index is 0.446. The fourth-order valence-corrected chi connectivity index (χ4v) is 2.36. The second kappa shape index (κ2) is 5.40. The first-order valence-corrected chi connectivity index (χ1v) is 6.16. The van der Waals surface area contributed by atoms with Crippen molar-refractivity contribution in [3.8, 4) is 12.3 Å². The highest BCUT2D eigenvalue weighted by Gasteiger charge is 2.16. The zero-order valence-electron chi connectivity index (χ0n) is 12.2. The molecule has 0 unspecified atom stereocenters. The quantitative estimate of drug-likeness (QED) is 0.654. The van der Waals surface area contributed by atoms with Crippen LogP contribution >= 0.6 is 0 Å². The Bertz CT molecular complexity index is 554. The van der Waals surface area contributed by atoms with Gasteiger partial charge in [0.15, 0.2) is 0 Å². The van der Waals surface area contributed by atoms with Gasteiger partial charge in [0, 0.05) is 5.57 Å². The third-order valence-electron chi connectivity index (χ3n) is 4.10. The van der Waals surface area contributed by atoms with E-state index in [0.29, 0.717) is 0 Å². The van der Waals surface area contributed by atoms with Crippen LogP contribution in [0.15, 0.2) is 5.57 Å². The van der Waals surface area contributed by atoms with Crippen molar-refractivity contribution in [3.05, 3.63) is 39.0 Å². The topological polar surface area (TPSA) is 0 Å². The Labute approximate surface area is 110 Å². The lowest BCUT2D eigenvalue weighted by Crippen LogP contribution is -2.04. The van der Waals surface area contributed by atoms with Gasteiger partial charge < -0.3 is 0 Å². The van der Waals surface area contributed by atoms with Crippen LogP contribution < -0.4 is 0 Å². The summed E-state index contributed by atoms with van der Waals surface area (Å²) in [6.45, 7) is 11.6. The van der Waals surface area contributed by atoms with E-state index in [0.717, 1.165) is 33.4 Å². The molecule has 0 aliphatic rings. The standard InChI is InChI=1S/C17H21F/c1-8-10(2)11(3)17-15(7)13(5)12(4)14(6)16(17)9-18/h1H,9H2,2-7H3/b11-10-. The first-order chi connectivity index (χ1) is 8.36. The average Bonchev–Trinajstić information content (AvgIpc) is 2.38. The number of hydrogen-bond donors (Lipinski definition) is 0. The molecule has 0 nitrogen and oxygen atoms in total. The Balaban J connectivity index is 3.80. The van der Waals surface area contributed by atoms with Gasteiger partial charge in [0.1, 0.15) is 6.67 Å². The summed E-state index contributed by atoms with van der Waals surface area (Å²) in [4.78, 5) is 0. The Morgan fingerprint density at radius 1 is 1.00 bits per heavy atom. The van der Waals surface area contributed by atoms with Crippen molar-refractivity contribution < 1.29 is 4.39 Å². The minimum atomic E-state index is -0.446. The van der Waals surface area contributed by atoms with E-state index in [1.54, 1.807) is 0 Å². The van der Waals surface area contributed by atoms with Crippen LogP contribution in [0.25, 0.3) is 5.57 Å². The molecule has 1 aromatic rings. The van der Waals surface area contributed by atoms with E-state index in [2.05, 4.69) is 12.8 Å². The maximum Gasteiger partial charge on any atom is 0.115 e. The molecule has 1 rings (SSSR count). The predicted molar refractivity (Wildman–Crippen MR) is 77.3 cm³/mol. The molecule has 0 aliphatic heterocycles. The zero-order valence-corrected chi connectivity index (χ0v) is 12.2. The third kappa shape index (κ3) is 2.20. The van der Waals surface area contributed by atoms with Gasteiger partial charge in [0.2, 0.25) is 0 Å². The summed E-state index contributed by atoms with van der Waals surface area (Å²) in [5, 5.41) is 0. The van der Waals surface area contributed by atoms with Crippen molar-refractivity contribution in [3.63, 3.8) is 0 Å². The summed E-state index contributed by atoms with van der Waals surface area (Å²) in [6.07, 6.45) is 5.46. The molecule has 0 atom stereocenters. The normalized spacial score (nSPS) is 12.1. The summed E-state index contributed by atoms with van der Waals surface area (Å²) in [5.41, 5.74) is 8.23. The van der Waals surface area contributed by atoms with Gasteiger partial charge in [-0.25, -0.2) is 4.39 Å². The van der Waals surface area contributed by atoms with Crippen LogP contribution in [-0.4, -0.2) is 0 Å². The zero-order chi connectivity index (χ0) is 14.0. The van der Waals surface area contributed by atoms with E-state index in [1.165, 1.54) is 11.1 Å². The van der Waals surface area contributed by atoms with Gasteiger partial charge >= 0.3 is 0 Å². The van der Waals surface area contributed by atoms with Gasteiger partial charge in [-0.2, -0.15) is 0 Å². The van der Waals surface area contributed by atoms with Crippen molar-refractivity contribution in [2.75, 3.05) is 0 Å². The van der Waals surface area contributed by atoms with Crippen LogP contribution in [0.2, 0.25) is 0 Å². The fourth-order valence-electron chi connectivity index (χ4n) is 2.36. The summed E-state index contributed by atoms with van der Waals surface area (Å²) < 4.78 is 13.4. The number of hydrogen-bond acceptors (Lipinski definition) is 0. The van der Waals surface area contributed by atoms with Crippen LogP contribution in [0, 0.1) is 40.0 Å². The summed E-state index contributed by atoms with van der Waals surface area (Å²) in [5.74, 6) is 2.65. The van der Waals surface area contributed by atoms with Gasteiger partial charge in [0.05, 0.1) is 0 Å². The average molecular weight is 244 g/mol. The predicted octanol–water partition coefficient (Wildman–Crippen LogP) is 4.82. The minimum Gasteiger partial charge on any atom is -0.246 e. The summed E-state index contributed by atoms with van der Waals surface area (Å²) >= 11 is 0. The smallest absolute Gasteiger partial charge is 0.115 e. The van der Waals surface area contributed by atoms with Crippen molar-refractivity contribution in [1.29, 1.82) is 0 Å². The summed E-state index contributed by atoms with van der Waals surface area (Å²) in [6, 6.07) is 0. The second-order valence-electron chi connectivity index (χ2n) is 4.88. The van der Waals surface area contributed by atoms with Gasteiger partial charge in [-0.05, 0) is 80.5 Å². The molecule has 18 heavy (non-hydrogen) atoms. The van der Waals surface area contributed by atoms with E-state index >= 15 is 0 Å². The highest BCUT2D eigenvalue weighted by Crippen LogP contribution is 2.33. The monoisotopic (exact) mass is 244 g/mol. The second-order valence-corrected chi connectivity index (χ2v) is 4.88.